The lowest BCUT2D eigenvalue weighted by molar-refractivity contribution is 0.311. The fraction of sp³-hybridized carbons (Fsp3) is 0.200. The second-order valence-corrected chi connectivity index (χ2v) is 7.90. The third kappa shape index (κ3) is 3.12. The number of aryl methyl sites for hydroxylation is 1. The van der Waals surface area contributed by atoms with Gasteiger partial charge in [0.1, 0.15) is 0 Å². The summed E-state index contributed by atoms with van der Waals surface area (Å²) in [7, 11) is 2.14. The van der Waals surface area contributed by atoms with E-state index in [4.69, 9.17) is 0 Å². The molecule has 0 bridgehead atoms. The molecule has 0 spiro atoms. The van der Waals surface area contributed by atoms with Gasteiger partial charge in [0.15, 0.2) is 5.83 Å². The highest BCUT2D eigenvalue weighted by atomic mass is 19.1. The third-order valence-electron chi connectivity index (χ3n) is 5.81. The van der Waals surface area contributed by atoms with E-state index in [2.05, 4.69) is 51.6 Å². The molecule has 30 heavy (non-hydrogen) atoms. The predicted molar refractivity (Wildman–Crippen MR) is 119 cm³/mol. The highest BCUT2D eigenvalue weighted by Crippen LogP contribution is 2.38. The molecule has 0 fully saturated rings. The number of benzene rings is 1. The van der Waals surface area contributed by atoms with Crippen molar-refractivity contribution in [2.45, 2.75) is 19.9 Å². The molecule has 0 saturated carbocycles. The molecule has 0 amide bonds. The van der Waals surface area contributed by atoms with Crippen LogP contribution in [0.15, 0.2) is 67.3 Å². The second kappa shape index (κ2) is 7.50. The molecule has 0 atom stereocenters. The summed E-state index contributed by atoms with van der Waals surface area (Å²) in [5.74, 6) is -0.261. The van der Waals surface area contributed by atoms with Crippen molar-refractivity contribution in [1.82, 2.24) is 19.4 Å². The molecule has 0 radical (unpaired) electrons. The van der Waals surface area contributed by atoms with Crippen LogP contribution < -0.4 is 0 Å². The first-order valence-corrected chi connectivity index (χ1v) is 10.2. The Hall–Kier alpha value is -3.31. The zero-order valence-corrected chi connectivity index (χ0v) is 17.1. The van der Waals surface area contributed by atoms with Crippen molar-refractivity contribution in [2.75, 3.05) is 13.6 Å². The average molecular weight is 398 g/mol. The van der Waals surface area contributed by atoms with Crippen molar-refractivity contribution >= 4 is 22.4 Å². The Morgan fingerprint density at radius 1 is 0.933 bits per heavy atom. The number of pyridine rings is 2. The van der Waals surface area contributed by atoms with E-state index in [1.165, 1.54) is 22.2 Å². The van der Waals surface area contributed by atoms with Gasteiger partial charge in [0.2, 0.25) is 0 Å². The smallest absolute Gasteiger partial charge is 0.155 e. The lowest BCUT2D eigenvalue weighted by atomic mass is 10.0. The molecular formula is C25H23FN4. The highest BCUT2D eigenvalue weighted by molar-refractivity contribution is 5.96. The minimum atomic E-state index is -0.261. The molecule has 0 aliphatic carbocycles. The van der Waals surface area contributed by atoms with Crippen LogP contribution in [0.25, 0.3) is 22.4 Å². The SMILES string of the molecule is Cc1ccc2c(c1)c1c(n2C(=C(F)c2ccncc2)c2ccncc2)CCN(C)C1. The molecule has 1 aliphatic heterocycles. The topological polar surface area (TPSA) is 34.0 Å². The second-order valence-electron chi connectivity index (χ2n) is 7.90. The van der Waals surface area contributed by atoms with E-state index < -0.39 is 0 Å². The summed E-state index contributed by atoms with van der Waals surface area (Å²) in [5, 5.41) is 1.20. The van der Waals surface area contributed by atoms with Gasteiger partial charge in [-0.25, -0.2) is 4.39 Å². The quantitative estimate of drug-likeness (QED) is 0.483. The van der Waals surface area contributed by atoms with Gasteiger partial charge in [-0.1, -0.05) is 11.6 Å². The Kier molecular flexibility index (Phi) is 4.68. The number of nitrogens with zero attached hydrogens (tertiary/aromatic N) is 4. The van der Waals surface area contributed by atoms with Crippen LogP contribution in [-0.2, 0) is 13.0 Å². The van der Waals surface area contributed by atoms with Gasteiger partial charge in [-0.15, -0.1) is 0 Å². The molecule has 150 valence electrons. The summed E-state index contributed by atoms with van der Waals surface area (Å²) in [6.45, 7) is 3.92. The van der Waals surface area contributed by atoms with Gasteiger partial charge in [-0.05, 0) is 55.9 Å². The Morgan fingerprint density at radius 2 is 1.60 bits per heavy atom. The summed E-state index contributed by atoms with van der Waals surface area (Å²) >= 11 is 0. The highest BCUT2D eigenvalue weighted by Gasteiger charge is 2.26. The fourth-order valence-electron chi connectivity index (χ4n) is 4.36. The summed E-state index contributed by atoms with van der Waals surface area (Å²) < 4.78 is 18.2. The maximum Gasteiger partial charge on any atom is 0.155 e. The van der Waals surface area contributed by atoms with Gasteiger partial charge in [0.05, 0.1) is 11.2 Å². The molecule has 3 aromatic heterocycles. The minimum absolute atomic E-state index is 0.261. The van der Waals surface area contributed by atoms with Crippen LogP contribution in [-0.4, -0.2) is 33.0 Å². The van der Waals surface area contributed by atoms with E-state index in [1.54, 1.807) is 36.9 Å². The summed E-state index contributed by atoms with van der Waals surface area (Å²) in [6.07, 6.45) is 7.55. The first kappa shape index (κ1) is 18.7. The first-order chi connectivity index (χ1) is 14.6. The van der Waals surface area contributed by atoms with Gasteiger partial charge in [-0.3, -0.25) is 9.97 Å². The van der Waals surface area contributed by atoms with Gasteiger partial charge < -0.3 is 9.47 Å². The first-order valence-electron chi connectivity index (χ1n) is 10.2. The molecule has 1 aromatic carbocycles. The van der Waals surface area contributed by atoms with E-state index in [-0.39, 0.29) is 5.83 Å². The van der Waals surface area contributed by atoms with Gasteiger partial charge in [-0.2, -0.15) is 0 Å². The number of aromatic nitrogens is 3. The summed E-state index contributed by atoms with van der Waals surface area (Å²) in [4.78, 5) is 10.5. The van der Waals surface area contributed by atoms with Crippen LogP contribution in [0.2, 0.25) is 0 Å². The molecule has 0 unspecified atom stereocenters. The molecule has 0 saturated heterocycles. The van der Waals surface area contributed by atoms with E-state index >= 15 is 4.39 Å². The lowest BCUT2D eigenvalue weighted by Crippen LogP contribution is -2.27. The molecule has 4 aromatic rings. The van der Waals surface area contributed by atoms with E-state index in [9.17, 15) is 0 Å². The van der Waals surface area contributed by atoms with Gasteiger partial charge in [0, 0.05) is 66.5 Å². The number of likely N-dealkylation sites (N-methyl/N-ethyl adjacent to an activating group) is 1. The van der Waals surface area contributed by atoms with Crippen LogP contribution in [0.1, 0.15) is 27.9 Å². The maximum atomic E-state index is 16.1. The zero-order chi connectivity index (χ0) is 20.7. The monoisotopic (exact) mass is 398 g/mol. The third-order valence-corrected chi connectivity index (χ3v) is 5.81. The Labute approximate surface area is 175 Å². The standard InChI is InChI=1S/C25H23FN4/c1-17-3-4-22-20(15-17)21-16-29(2)14-9-23(21)30(22)25(19-7-12-28-13-8-19)24(26)18-5-10-27-11-6-18/h3-8,10-13,15H,9,14,16H2,1-2H3. The Bertz CT molecular complexity index is 1240. The van der Waals surface area contributed by atoms with Crippen molar-refractivity contribution < 1.29 is 4.39 Å². The fourth-order valence-corrected chi connectivity index (χ4v) is 4.36. The minimum Gasteiger partial charge on any atom is -0.310 e. The largest absolute Gasteiger partial charge is 0.310 e. The van der Waals surface area contributed by atoms with E-state index in [0.29, 0.717) is 11.3 Å². The Morgan fingerprint density at radius 3 is 2.30 bits per heavy atom. The van der Waals surface area contributed by atoms with Crippen molar-refractivity contribution in [2.24, 2.45) is 0 Å². The van der Waals surface area contributed by atoms with E-state index in [0.717, 1.165) is 30.6 Å². The maximum absolute atomic E-state index is 16.1. The van der Waals surface area contributed by atoms with Crippen LogP contribution in [0.4, 0.5) is 4.39 Å². The summed E-state index contributed by atoms with van der Waals surface area (Å²) in [5.41, 5.74) is 6.60. The molecule has 4 nitrogen and oxygen atoms in total. The van der Waals surface area contributed by atoms with Crippen molar-refractivity contribution in [3.05, 3.63) is 95.2 Å². The van der Waals surface area contributed by atoms with Crippen LogP contribution in [0.3, 0.4) is 0 Å². The molecular weight excluding hydrogens is 375 g/mol. The van der Waals surface area contributed by atoms with Gasteiger partial charge in [0.25, 0.3) is 0 Å². The molecule has 4 heterocycles. The number of fused-ring (bicyclic) bond motifs is 3. The van der Waals surface area contributed by atoms with Crippen molar-refractivity contribution in [3.63, 3.8) is 0 Å². The number of rotatable bonds is 3. The average Bonchev–Trinajstić information content (AvgIpc) is 3.08. The number of hydrogen-bond donors (Lipinski definition) is 0. The number of hydrogen-bond acceptors (Lipinski definition) is 3. The van der Waals surface area contributed by atoms with Crippen LogP contribution >= 0.6 is 0 Å². The molecule has 5 rings (SSSR count). The van der Waals surface area contributed by atoms with Crippen molar-refractivity contribution in [1.29, 1.82) is 0 Å². The number of halogens is 1. The Balaban J connectivity index is 1.88. The predicted octanol–water partition coefficient (Wildman–Crippen LogP) is 5.07. The van der Waals surface area contributed by atoms with Crippen LogP contribution in [0, 0.1) is 6.92 Å². The molecule has 0 N–H and O–H groups in total. The normalized spacial score (nSPS) is 15.2. The molecule has 1 aliphatic rings. The van der Waals surface area contributed by atoms with Gasteiger partial charge >= 0.3 is 0 Å². The lowest BCUT2D eigenvalue weighted by Gasteiger charge is -2.25. The van der Waals surface area contributed by atoms with Crippen molar-refractivity contribution in [3.8, 4) is 0 Å². The van der Waals surface area contributed by atoms with Crippen LogP contribution in [0.5, 0.6) is 0 Å². The summed E-state index contributed by atoms with van der Waals surface area (Å²) in [6, 6.07) is 13.6. The zero-order valence-electron chi connectivity index (χ0n) is 17.1. The van der Waals surface area contributed by atoms with E-state index in [1.807, 2.05) is 12.1 Å². The molecule has 5 heteroatoms.